The Morgan fingerprint density at radius 3 is 2.61 bits per heavy atom. The van der Waals surface area contributed by atoms with E-state index in [2.05, 4.69) is 19.9 Å². The molecule has 1 atom stereocenters. The van der Waals surface area contributed by atoms with Gasteiger partial charge in [0.15, 0.2) is 11.6 Å². The van der Waals surface area contributed by atoms with Gasteiger partial charge in [0.1, 0.15) is 34.5 Å². The number of pyridine rings is 3. The highest BCUT2D eigenvalue weighted by atomic mass is 35.5. The normalized spacial score (nSPS) is 14.8. The van der Waals surface area contributed by atoms with Crippen molar-refractivity contribution in [3.8, 4) is 22.8 Å². The Morgan fingerprint density at radius 1 is 1.13 bits per heavy atom. The molecule has 4 heterocycles. The highest BCUT2D eigenvalue weighted by Crippen LogP contribution is 2.44. The number of aliphatic hydroxyl groups is 1. The summed E-state index contributed by atoms with van der Waals surface area (Å²) in [5, 5.41) is 10.7. The molecule has 11 heteroatoms. The van der Waals surface area contributed by atoms with Crippen LogP contribution in [-0.4, -0.2) is 29.6 Å². The third kappa shape index (κ3) is 4.89. The number of halogens is 3. The largest absolute Gasteiger partial charge is 0.485 e. The molecule has 0 spiro atoms. The van der Waals surface area contributed by atoms with E-state index >= 15 is 0 Å². The molecule has 1 unspecified atom stereocenters. The van der Waals surface area contributed by atoms with E-state index in [9.17, 15) is 18.7 Å². The van der Waals surface area contributed by atoms with Crippen molar-refractivity contribution < 1.29 is 18.6 Å². The second kappa shape index (κ2) is 9.85. The van der Waals surface area contributed by atoms with Crippen LogP contribution in [0.2, 0.25) is 5.02 Å². The molecule has 0 saturated heterocycles. The molecule has 4 aromatic heterocycles. The van der Waals surface area contributed by atoms with Crippen molar-refractivity contribution in [2.24, 2.45) is 5.92 Å². The van der Waals surface area contributed by atoms with Gasteiger partial charge in [0.05, 0.1) is 23.3 Å². The van der Waals surface area contributed by atoms with Crippen molar-refractivity contribution in [2.45, 2.75) is 45.8 Å². The van der Waals surface area contributed by atoms with Gasteiger partial charge in [-0.05, 0) is 57.2 Å². The number of hydrogen-bond donors (Lipinski definition) is 1. The molecule has 0 bridgehead atoms. The summed E-state index contributed by atoms with van der Waals surface area (Å²) in [6.07, 6.45) is 5.93. The van der Waals surface area contributed by atoms with Crippen LogP contribution in [-0.2, 0) is 12.2 Å². The number of hydrogen-bond acceptors (Lipinski definition) is 7. The summed E-state index contributed by atoms with van der Waals surface area (Å²) >= 11 is 6.37. The van der Waals surface area contributed by atoms with Crippen LogP contribution in [0.4, 0.5) is 8.78 Å². The minimum absolute atomic E-state index is 0.0469. The van der Waals surface area contributed by atoms with Crippen LogP contribution in [0.3, 0.4) is 0 Å². The van der Waals surface area contributed by atoms with Crippen molar-refractivity contribution in [3.05, 3.63) is 92.6 Å². The van der Waals surface area contributed by atoms with Crippen molar-refractivity contribution in [1.82, 2.24) is 24.5 Å². The van der Waals surface area contributed by atoms with Gasteiger partial charge in [-0.1, -0.05) is 11.6 Å². The molecule has 1 N–H and O–H groups in total. The summed E-state index contributed by atoms with van der Waals surface area (Å²) in [6.45, 7) is 4.89. The third-order valence-corrected chi connectivity index (χ3v) is 6.95. The topological polar surface area (TPSA) is 103 Å². The number of rotatable bonds is 7. The Kier molecular flexibility index (Phi) is 6.70. The maximum atomic E-state index is 13.9. The van der Waals surface area contributed by atoms with Crippen LogP contribution in [0.1, 0.15) is 42.5 Å². The summed E-state index contributed by atoms with van der Waals surface area (Å²) in [5.74, 6) is -1.17. The molecule has 4 aromatic rings. The molecule has 1 fully saturated rings. The fourth-order valence-electron chi connectivity index (χ4n) is 4.25. The average molecular weight is 540 g/mol. The van der Waals surface area contributed by atoms with Gasteiger partial charge in [0, 0.05) is 30.2 Å². The van der Waals surface area contributed by atoms with Gasteiger partial charge in [-0.3, -0.25) is 19.3 Å². The molecule has 1 aliphatic carbocycles. The van der Waals surface area contributed by atoms with Crippen LogP contribution >= 0.6 is 11.6 Å². The molecule has 0 amide bonds. The zero-order valence-corrected chi connectivity index (χ0v) is 21.6. The maximum Gasteiger partial charge on any atom is 0.277 e. The third-order valence-electron chi connectivity index (χ3n) is 6.61. The van der Waals surface area contributed by atoms with Gasteiger partial charge in [-0.15, -0.1) is 0 Å². The molecule has 8 nitrogen and oxygen atoms in total. The first-order valence-corrected chi connectivity index (χ1v) is 12.3. The van der Waals surface area contributed by atoms with Gasteiger partial charge < -0.3 is 9.84 Å². The maximum absolute atomic E-state index is 13.9. The zero-order valence-electron chi connectivity index (χ0n) is 20.9. The van der Waals surface area contributed by atoms with Crippen LogP contribution in [0.5, 0.6) is 5.75 Å². The van der Waals surface area contributed by atoms with Crippen molar-refractivity contribution in [2.75, 3.05) is 0 Å². The minimum Gasteiger partial charge on any atom is -0.485 e. The molecular formula is C27H24ClF2N5O3. The average Bonchev–Trinajstić information content (AvgIpc) is 3.74. The van der Waals surface area contributed by atoms with Crippen LogP contribution in [0.15, 0.2) is 47.7 Å². The van der Waals surface area contributed by atoms with E-state index in [1.54, 1.807) is 44.4 Å². The standard InChI is InChI=1S/C27H24ClF2N5O3/c1-14-11-32-20(19-6-7-31-26(34-19)27(3,37)16-4-5-16)10-22(14)35-15(2)8-23(24(28)25(35)36)38-13-21-18(30)9-17(29)12-33-21/h6-12,16,37H,4-5,13H2,1-3H3. The van der Waals surface area contributed by atoms with E-state index in [1.807, 2.05) is 6.92 Å². The quantitative estimate of drug-likeness (QED) is 0.359. The number of aryl methyl sites for hydroxylation is 2. The smallest absolute Gasteiger partial charge is 0.277 e. The molecule has 196 valence electrons. The Hall–Kier alpha value is -3.76. The summed E-state index contributed by atoms with van der Waals surface area (Å²) in [6, 6.07) is 5.67. The molecule has 38 heavy (non-hydrogen) atoms. The number of aromatic nitrogens is 5. The molecule has 1 aliphatic rings. The van der Waals surface area contributed by atoms with Crippen LogP contribution < -0.4 is 10.3 Å². The SMILES string of the molecule is Cc1cnc(-c2ccnc(C(C)(O)C3CC3)n2)cc1-n1c(C)cc(OCc2ncc(F)cc2F)c(Cl)c1=O. The summed E-state index contributed by atoms with van der Waals surface area (Å²) in [5.41, 5.74) is 0.934. The summed E-state index contributed by atoms with van der Waals surface area (Å²) in [7, 11) is 0. The number of nitrogens with zero attached hydrogens (tertiary/aromatic N) is 5. The highest BCUT2D eigenvalue weighted by molar-refractivity contribution is 6.31. The first-order chi connectivity index (χ1) is 18.1. The van der Waals surface area contributed by atoms with E-state index in [-0.39, 0.29) is 29.0 Å². The molecular weight excluding hydrogens is 516 g/mol. The molecule has 1 saturated carbocycles. The fraction of sp³-hybridized carbons (Fsp3) is 0.296. The first kappa shape index (κ1) is 25.9. The zero-order chi connectivity index (χ0) is 27.2. The highest BCUT2D eigenvalue weighted by Gasteiger charge is 2.43. The predicted octanol–water partition coefficient (Wildman–Crippen LogP) is 4.83. The molecule has 0 radical (unpaired) electrons. The minimum atomic E-state index is -1.13. The summed E-state index contributed by atoms with van der Waals surface area (Å²) < 4.78 is 34.1. The van der Waals surface area contributed by atoms with Gasteiger partial charge >= 0.3 is 0 Å². The van der Waals surface area contributed by atoms with E-state index in [4.69, 9.17) is 16.3 Å². The van der Waals surface area contributed by atoms with E-state index < -0.39 is 22.8 Å². The predicted molar refractivity (Wildman–Crippen MR) is 136 cm³/mol. The lowest BCUT2D eigenvalue weighted by atomic mass is 9.99. The molecule has 0 aromatic carbocycles. The van der Waals surface area contributed by atoms with E-state index in [0.717, 1.165) is 19.0 Å². The fourth-order valence-corrected chi connectivity index (χ4v) is 4.44. The number of ether oxygens (including phenoxy) is 1. The second-order valence-corrected chi connectivity index (χ2v) is 9.90. The Bertz CT molecular complexity index is 1600. The van der Waals surface area contributed by atoms with Gasteiger partial charge in [-0.2, -0.15) is 0 Å². The Labute approximate surface area is 222 Å². The van der Waals surface area contributed by atoms with Gasteiger partial charge in [0.2, 0.25) is 0 Å². The van der Waals surface area contributed by atoms with E-state index in [0.29, 0.717) is 40.2 Å². The summed E-state index contributed by atoms with van der Waals surface area (Å²) in [4.78, 5) is 30.3. The van der Waals surface area contributed by atoms with E-state index in [1.165, 1.54) is 4.57 Å². The van der Waals surface area contributed by atoms with Crippen LogP contribution in [0.25, 0.3) is 17.1 Å². The Balaban J connectivity index is 1.49. The lowest BCUT2D eigenvalue weighted by Gasteiger charge is -2.21. The van der Waals surface area contributed by atoms with Crippen molar-refractivity contribution in [3.63, 3.8) is 0 Å². The van der Waals surface area contributed by atoms with Gasteiger partial charge in [-0.25, -0.2) is 18.7 Å². The monoisotopic (exact) mass is 539 g/mol. The second-order valence-electron chi connectivity index (χ2n) is 9.52. The lowest BCUT2D eigenvalue weighted by Crippen LogP contribution is -2.27. The van der Waals surface area contributed by atoms with Crippen LogP contribution in [0, 0.1) is 31.4 Å². The van der Waals surface area contributed by atoms with Crippen molar-refractivity contribution >= 4 is 11.6 Å². The Morgan fingerprint density at radius 2 is 1.89 bits per heavy atom. The molecule has 0 aliphatic heterocycles. The first-order valence-electron chi connectivity index (χ1n) is 11.9. The van der Waals surface area contributed by atoms with Gasteiger partial charge in [0.25, 0.3) is 5.56 Å². The lowest BCUT2D eigenvalue weighted by molar-refractivity contribution is 0.0240. The molecule has 5 rings (SSSR count). The van der Waals surface area contributed by atoms with Crippen molar-refractivity contribution in [1.29, 1.82) is 0 Å².